The summed E-state index contributed by atoms with van der Waals surface area (Å²) in [7, 11) is -3.67. The molecule has 0 spiro atoms. The highest BCUT2D eigenvalue weighted by Crippen LogP contribution is 2.34. The van der Waals surface area contributed by atoms with Crippen molar-refractivity contribution < 1.29 is 8.42 Å². The van der Waals surface area contributed by atoms with Crippen molar-refractivity contribution in [2.45, 2.75) is 35.8 Å². The molecular weight excluding hydrogens is 351 g/mol. The van der Waals surface area contributed by atoms with Crippen molar-refractivity contribution in [3.8, 4) is 0 Å². The van der Waals surface area contributed by atoms with Crippen LogP contribution in [0.2, 0.25) is 10.0 Å². The number of nitrogens with two attached hydrogens (primary N) is 1. The Morgan fingerprint density at radius 2 is 1.86 bits per heavy atom. The first-order valence-corrected chi connectivity index (χ1v) is 9.73. The first-order chi connectivity index (χ1) is 9.75. The van der Waals surface area contributed by atoms with E-state index in [2.05, 4.69) is 0 Å². The third-order valence-corrected chi connectivity index (χ3v) is 7.16. The third kappa shape index (κ3) is 3.68. The average Bonchev–Trinajstić information content (AvgIpc) is 2.39. The fourth-order valence-corrected chi connectivity index (χ4v) is 6.47. The van der Waals surface area contributed by atoms with Crippen molar-refractivity contribution in [1.82, 2.24) is 4.31 Å². The van der Waals surface area contributed by atoms with Gasteiger partial charge in [-0.15, -0.1) is 0 Å². The van der Waals surface area contributed by atoms with Gasteiger partial charge in [-0.05, 0) is 17.7 Å². The van der Waals surface area contributed by atoms with Crippen LogP contribution >= 0.6 is 35.0 Å². The van der Waals surface area contributed by atoms with Gasteiger partial charge in [-0.2, -0.15) is 16.1 Å². The Hall–Kier alpha value is 0.0200. The predicted octanol–water partition coefficient (Wildman–Crippen LogP) is 2.97. The van der Waals surface area contributed by atoms with E-state index in [-0.39, 0.29) is 27.0 Å². The number of sulfonamides is 1. The van der Waals surface area contributed by atoms with E-state index in [0.717, 1.165) is 0 Å². The molecule has 0 amide bonds. The van der Waals surface area contributed by atoms with E-state index in [1.807, 2.05) is 13.8 Å². The first-order valence-electron chi connectivity index (χ1n) is 6.59. The Morgan fingerprint density at radius 3 is 2.38 bits per heavy atom. The summed E-state index contributed by atoms with van der Waals surface area (Å²) >= 11 is 14.0. The van der Waals surface area contributed by atoms with Crippen LogP contribution in [0.5, 0.6) is 0 Å². The molecule has 0 aliphatic carbocycles. The molecule has 2 N–H and O–H groups in total. The molecule has 2 unspecified atom stereocenters. The average molecular weight is 369 g/mol. The summed E-state index contributed by atoms with van der Waals surface area (Å²) in [5, 5.41) is 0.984. The minimum atomic E-state index is -3.67. The van der Waals surface area contributed by atoms with Crippen LogP contribution in [-0.4, -0.2) is 36.3 Å². The molecule has 1 aromatic rings. The van der Waals surface area contributed by atoms with Crippen LogP contribution in [-0.2, 0) is 16.6 Å². The summed E-state index contributed by atoms with van der Waals surface area (Å²) in [5.74, 6) is 0. The fourth-order valence-electron chi connectivity index (χ4n) is 2.42. The third-order valence-electron chi connectivity index (χ3n) is 3.30. The summed E-state index contributed by atoms with van der Waals surface area (Å²) in [4.78, 5) is 0.0448. The van der Waals surface area contributed by atoms with Crippen molar-refractivity contribution in [1.29, 1.82) is 0 Å². The molecule has 0 radical (unpaired) electrons. The topological polar surface area (TPSA) is 63.4 Å². The molecule has 2 atom stereocenters. The molecule has 1 aliphatic rings. The zero-order chi connectivity index (χ0) is 15.8. The van der Waals surface area contributed by atoms with Crippen LogP contribution in [0.4, 0.5) is 0 Å². The summed E-state index contributed by atoms with van der Waals surface area (Å²) in [5.41, 5.74) is 6.14. The number of benzene rings is 1. The molecule has 1 aromatic carbocycles. The first kappa shape index (κ1) is 17.4. The van der Waals surface area contributed by atoms with E-state index in [9.17, 15) is 8.42 Å². The molecule has 0 saturated carbocycles. The zero-order valence-corrected chi connectivity index (χ0v) is 15.0. The normalized spacial score (nSPS) is 24.2. The Morgan fingerprint density at radius 1 is 1.29 bits per heavy atom. The number of hydrogen-bond donors (Lipinski definition) is 1. The molecule has 0 aromatic heterocycles. The molecule has 8 heteroatoms. The van der Waals surface area contributed by atoms with Crippen LogP contribution in [0.1, 0.15) is 19.4 Å². The molecule has 1 fully saturated rings. The van der Waals surface area contributed by atoms with Gasteiger partial charge in [-0.25, -0.2) is 8.42 Å². The summed E-state index contributed by atoms with van der Waals surface area (Å²) in [6.07, 6.45) is 0. The van der Waals surface area contributed by atoms with Gasteiger partial charge in [-0.3, -0.25) is 0 Å². The molecule has 118 valence electrons. The minimum absolute atomic E-state index is 0.0448. The second-order valence-corrected chi connectivity index (χ2v) is 9.76. The number of thioether (sulfide) groups is 1. The lowest BCUT2D eigenvalue weighted by Crippen LogP contribution is -2.44. The molecular formula is C13H18Cl2N2O2S2. The highest BCUT2D eigenvalue weighted by Gasteiger charge is 2.33. The van der Waals surface area contributed by atoms with Crippen molar-refractivity contribution in [3.05, 3.63) is 27.7 Å². The van der Waals surface area contributed by atoms with Gasteiger partial charge in [0.15, 0.2) is 0 Å². The van der Waals surface area contributed by atoms with E-state index in [4.69, 9.17) is 28.9 Å². The van der Waals surface area contributed by atoms with E-state index >= 15 is 0 Å². The van der Waals surface area contributed by atoms with Crippen LogP contribution in [0.25, 0.3) is 0 Å². The Labute approximate surface area is 140 Å². The van der Waals surface area contributed by atoms with E-state index in [1.54, 1.807) is 17.8 Å². The monoisotopic (exact) mass is 368 g/mol. The molecule has 1 aliphatic heterocycles. The lowest BCUT2D eigenvalue weighted by Gasteiger charge is -2.34. The van der Waals surface area contributed by atoms with Crippen molar-refractivity contribution in [2.24, 2.45) is 5.73 Å². The Bertz CT molecular complexity index is 627. The van der Waals surface area contributed by atoms with E-state index in [1.165, 1.54) is 10.4 Å². The van der Waals surface area contributed by atoms with Gasteiger partial charge >= 0.3 is 0 Å². The molecule has 21 heavy (non-hydrogen) atoms. The van der Waals surface area contributed by atoms with Gasteiger partial charge < -0.3 is 5.73 Å². The van der Waals surface area contributed by atoms with Gasteiger partial charge in [-0.1, -0.05) is 37.0 Å². The number of rotatable bonds is 3. The molecule has 1 heterocycles. The van der Waals surface area contributed by atoms with Crippen molar-refractivity contribution in [3.63, 3.8) is 0 Å². The molecule has 0 bridgehead atoms. The number of hydrogen-bond acceptors (Lipinski definition) is 4. The molecule has 4 nitrogen and oxygen atoms in total. The van der Waals surface area contributed by atoms with Gasteiger partial charge in [0.25, 0.3) is 0 Å². The maximum Gasteiger partial charge on any atom is 0.244 e. The smallest absolute Gasteiger partial charge is 0.244 e. The minimum Gasteiger partial charge on any atom is -0.326 e. The molecule has 2 rings (SSSR count). The zero-order valence-electron chi connectivity index (χ0n) is 11.8. The second-order valence-electron chi connectivity index (χ2n) is 5.16. The van der Waals surface area contributed by atoms with Crippen LogP contribution in [0.15, 0.2) is 17.0 Å². The summed E-state index contributed by atoms with van der Waals surface area (Å²) < 4.78 is 27.2. The van der Waals surface area contributed by atoms with E-state index < -0.39 is 10.0 Å². The van der Waals surface area contributed by atoms with Crippen LogP contribution < -0.4 is 5.73 Å². The van der Waals surface area contributed by atoms with Crippen molar-refractivity contribution in [2.75, 3.05) is 13.1 Å². The summed E-state index contributed by atoms with van der Waals surface area (Å²) in [6.45, 7) is 5.13. The fraction of sp³-hybridized carbons (Fsp3) is 0.538. The van der Waals surface area contributed by atoms with Gasteiger partial charge in [0, 0.05) is 35.2 Å². The maximum absolute atomic E-state index is 12.9. The highest BCUT2D eigenvalue weighted by molar-refractivity contribution is 8.00. The van der Waals surface area contributed by atoms with E-state index in [0.29, 0.717) is 23.7 Å². The lowest BCUT2D eigenvalue weighted by molar-refractivity contribution is 0.405. The highest BCUT2D eigenvalue weighted by atomic mass is 35.5. The van der Waals surface area contributed by atoms with Crippen LogP contribution in [0, 0.1) is 0 Å². The summed E-state index contributed by atoms with van der Waals surface area (Å²) in [6, 6.07) is 3.00. The van der Waals surface area contributed by atoms with Gasteiger partial charge in [0.1, 0.15) is 4.90 Å². The predicted molar refractivity (Wildman–Crippen MR) is 89.6 cm³/mol. The largest absolute Gasteiger partial charge is 0.326 e. The van der Waals surface area contributed by atoms with Crippen molar-refractivity contribution >= 4 is 45.0 Å². The second kappa shape index (κ2) is 6.64. The Balaban J connectivity index is 2.47. The van der Waals surface area contributed by atoms with Crippen LogP contribution in [0.3, 0.4) is 0 Å². The van der Waals surface area contributed by atoms with Gasteiger partial charge in [0.05, 0.1) is 5.02 Å². The Kier molecular flexibility index (Phi) is 5.50. The quantitative estimate of drug-likeness (QED) is 0.890. The number of halogens is 2. The SMILES string of the molecule is CC1CN(S(=O)(=O)c2cc(Cl)cc(CN)c2Cl)CC(C)S1. The standard InChI is InChI=1S/C13H18Cl2N2O2S2/c1-8-6-17(7-9(2)20-8)21(18,19)12-4-11(14)3-10(5-16)13(12)15/h3-4,8-9H,5-7,16H2,1-2H3. The molecule has 1 saturated heterocycles. The lowest BCUT2D eigenvalue weighted by atomic mass is 10.2. The maximum atomic E-state index is 12.9. The van der Waals surface area contributed by atoms with Gasteiger partial charge in [0.2, 0.25) is 10.0 Å². The number of nitrogens with zero attached hydrogens (tertiary/aromatic N) is 1.